The number of amides is 1. The van der Waals surface area contributed by atoms with Crippen LogP contribution < -0.4 is 10.9 Å². The molecule has 132 valence electrons. The molecule has 26 heavy (non-hydrogen) atoms. The van der Waals surface area contributed by atoms with E-state index >= 15 is 0 Å². The number of rotatable bonds is 5. The van der Waals surface area contributed by atoms with E-state index in [1.807, 2.05) is 19.1 Å². The van der Waals surface area contributed by atoms with Crippen molar-refractivity contribution in [1.82, 2.24) is 9.55 Å². The fourth-order valence-electron chi connectivity index (χ4n) is 2.76. The first-order valence-corrected chi connectivity index (χ1v) is 8.31. The van der Waals surface area contributed by atoms with Crippen molar-refractivity contribution >= 4 is 28.3 Å². The Labute approximate surface area is 150 Å². The third-order valence-electron chi connectivity index (χ3n) is 4.19. The summed E-state index contributed by atoms with van der Waals surface area (Å²) in [6.07, 6.45) is 1.60. The number of para-hydroxylation sites is 1. The third kappa shape index (κ3) is 3.69. The number of nitrogens with one attached hydrogen (secondary N) is 1. The number of fused-ring (bicyclic) bond motifs is 1. The highest BCUT2D eigenvalue weighted by atomic mass is 16.2. The monoisotopic (exact) mass is 349 g/mol. The van der Waals surface area contributed by atoms with E-state index in [0.29, 0.717) is 22.2 Å². The standard InChI is InChI=1S/C20H19N3O3/c1-13-5-3-8-17-19(13)21-12-23(20(17)26)10-9-18(25)22-16-7-4-6-15(11-16)14(2)24/h3-8,11-12H,9-10H2,1-2H3,(H,22,25). The number of Topliss-reactive ketones (excluding diaryl/α,β-unsaturated/α-hetero) is 1. The van der Waals surface area contributed by atoms with Gasteiger partial charge in [-0.3, -0.25) is 19.0 Å². The van der Waals surface area contributed by atoms with Crippen LogP contribution in [0.25, 0.3) is 10.9 Å². The lowest BCUT2D eigenvalue weighted by atomic mass is 10.1. The van der Waals surface area contributed by atoms with E-state index in [1.54, 1.807) is 30.3 Å². The van der Waals surface area contributed by atoms with E-state index < -0.39 is 0 Å². The first-order chi connectivity index (χ1) is 12.5. The molecule has 3 rings (SSSR count). The fourth-order valence-corrected chi connectivity index (χ4v) is 2.76. The second-order valence-electron chi connectivity index (χ2n) is 6.15. The van der Waals surface area contributed by atoms with Crippen LogP contribution in [0.4, 0.5) is 5.69 Å². The number of benzene rings is 2. The second-order valence-corrected chi connectivity index (χ2v) is 6.15. The van der Waals surface area contributed by atoms with E-state index in [4.69, 9.17) is 0 Å². The lowest BCUT2D eigenvalue weighted by Gasteiger charge is -2.09. The van der Waals surface area contributed by atoms with Gasteiger partial charge in [-0.25, -0.2) is 4.98 Å². The second kappa shape index (κ2) is 7.31. The normalized spacial score (nSPS) is 10.7. The molecule has 6 nitrogen and oxygen atoms in total. The van der Waals surface area contributed by atoms with E-state index in [0.717, 1.165) is 5.56 Å². The Hall–Kier alpha value is -3.28. The van der Waals surface area contributed by atoms with Crippen molar-refractivity contribution in [2.45, 2.75) is 26.8 Å². The molecule has 2 aromatic carbocycles. The molecule has 1 aromatic heterocycles. The predicted octanol–water partition coefficient (Wildman–Crippen LogP) is 2.94. The van der Waals surface area contributed by atoms with Gasteiger partial charge in [0.2, 0.25) is 5.91 Å². The number of hydrogen-bond donors (Lipinski definition) is 1. The number of aryl methyl sites for hydroxylation is 2. The highest BCUT2D eigenvalue weighted by Gasteiger charge is 2.09. The molecule has 3 aromatic rings. The number of nitrogens with zero attached hydrogens (tertiary/aromatic N) is 2. The molecule has 1 heterocycles. The Morgan fingerprint density at radius 2 is 1.92 bits per heavy atom. The maximum atomic E-state index is 12.5. The van der Waals surface area contributed by atoms with Crippen LogP contribution in [0.2, 0.25) is 0 Å². The molecule has 1 N–H and O–H groups in total. The van der Waals surface area contributed by atoms with Gasteiger partial charge in [-0.05, 0) is 37.6 Å². The molecule has 0 unspecified atom stereocenters. The number of carbonyl (C=O) groups excluding carboxylic acids is 2. The number of carbonyl (C=O) groups is 2. The minimum absolute atomic E-state index is 0.0646. The lowest BCUT2D eigenvalue weighted by Crippen LogP contribution is -2.23. The average molecular weight is 349 g/mol. The lowest BCUT2D eigenvalue weighted by molar-refractivity contribution is -0.116. The van der Waals surface area contributed by atoms with Crippen LogP contribution in [-0.2, 0) is 11.3 Å². The molecule has 0 aliphatic rings. The van der Waals surface area contributed by atoms with E-state index in [2.05, 4.69) is 10.3 Å². The molecule has 0 fully saturated rings. The molecule has 0 aliphatic carbocycles. The van der Waals surface area contributed by atoms with Crippen molar-refractivity contribution in [3.05, 3.63) is 70.3 Å². The fraction of sp³-hybridized carbons (Fsp3) is 0.200. The van der Waals surface area contributed by atoms with Gasteiger partial charge in [-0.1, -0.05) is 24.3 Å². The summed E-state index contributed by atoms with van der Waals surface area (Å²) in [4.78, 5) is 40.4. The summed E-state index contributed by atoms with van der Waals surface area (Å²) in [5.41, 5.74) is 2.55. The number of hydrogen-bond acceptors (Lipinski definition) is 4. The predicted molar refractivity (Wildman–Crippen MR) is 100 cm³/mol. The largest absolute Gasteiger partial charge is 0.326 e. The van der Waals surface area contributed by atoms with Gasteiger partial charge in [0, 0.05) is 24.2 Å². The van der Waals surface area contributed by atoms with Crippen LogP contribution in [0.5, 0.6) is 0 Å². The minimum Gasteiger partial charge on any atom is -0.326 e. The summed E-state index contributed by atoms with van der Waals surface area (Å²) in [6.45, 7) is 3.61. The molecular formula is C20H19N3O3. The highest BCUT2D eigenvalue weighted by molar-refractivity contribution is 5.97. The van der Waals surface area contributed by atoms with Gasteiger partial charge in [0.15, 0.2) is 5.78 Å². The van der Waals surface area contributed by atoms with E-state index in [9.17, 15) is 14.4 Å². The summed E-state index contributed by atoms with van der Waals surface area (Å²) in [7, 11) is 0. The highest BCUT2D eigenvalue weighted by Crippen LogP contribution is 2.13. The third-order valence-corrected chi connectivity index (χ3v) is 4.19. The first kappa shape index (κ1) is 17.5. The van der Waals surface area contributed by atoms with Crippen LogP contribution in [-0.4, -0.2) is 21.2 Å². The molecule has 0 saturated heterocycles. The molecule has 6 heteroatoms. The molecule has 0 spiro atoms. The zero-order chi connectivity index (χ0) is 18.7. The van der Waals surface area contributed by atoms with E-state index in [1.165, 1.54) is 17.8 Å². The molecular weight excluding hydrogens is 330 g/mol. The van der Waals surface area contributed by atoms with Gasteiger partial charge in [0.05, 0.1) is 17.2 Å². The summed E-state index contributed by atoms with van der Waals surface area (Å²) in [5, 5.41) is 3.29. The Morgan fingerprint density at radius 1 is 1.15 bits per heavy atom. The summed E-state index contributed by atoms with van der Waals surface area (Å²) in [5.74, 6) is -0.299. The zero-order valence-electron chi connectivity index (χ0n) is 14.7. The molecule has 0 bridgehead atoms. The minimum atomic E-state index is -0.234. The van der Waals surface area contributed by atoms with Crippen LogP contribution >= 0.6 is 0 Å². The summed E-state index contributed by atoms with van der Waals surface area (Å²) in [6, 6.07) is 12.2. The van der Waals surface area contributed by atoms with Crippen LogP contribution in [0.1, 0.15) is 29.3 Å². The van der Waals surface area contributed by atoms with Gasteiger partial charge in [-0.15, -0.1) is 0 Å². The Morgan fingerprint density at radius 3 is 2.69 bits per heavy atom. The van der Waals surface area contributed by atoms with Gasteiger partial charge in [0.1, 0.15) is 0 Å². The average Bonchev–Trinajstić information content (AvgIpc) is 2.62. The number of anilines is 1. The van der Waals surface area contributed by atoms with Crippen molar-refractivity contribution in [3.63, 3.8) is 0 Å². The zero-order valence-corrected chi connectivity index (χ0v) is 14.7. The molecule has 1 amide bonds. The molecule has 0 radical (unpaired) electrons. The van der Waals surface area contributed by atoms with Crippen molar-refractivity contribution in [3.8, 4) is 0 Å². The van der Waals surface area contributed by atoms with Crippen molar-refractivity contribution < 1.29 is 9.59 Å². The van der Waals surface area contributed by atoms with Gasteiger partial charge in [-0.2, -0.15) is 0 Å². The topological polar surface area (TPSA) is 81.1 Å². The van der Waals surface area contributed by atoms with Crippen LogP contribution in [0.3, 0.4) is 0 Å². The van der Waals surface area contributed by atoms with Crippen molar-refractivity contribution in [2.24, 2.45) is 0 Å². The Bertz CT molecular complexity index is 1050. The summed E-state index contributed by atoms with van der Waals surface area (Å²) < 4.78 is 1.44. The SMILES string of the molecule is CC(=O)c1cccc(NC(=O)CCn2cnc3c(C)cccc3c2=O)c1. The quantitative estimate of drug-likeness (QED) is 0.718. The van der Waals surface area contributed by atoms with Crippen LogP contribution in [0, 0.1) is 6.92 Å². The summed E-state index contributed by atoms with van der Waals surface area (Å²) >= 11 is 0. The van der Waals surface area contributed by atoms with Gasteiger partial charge in [0.25, 0.3) is 5.56 Å². The van der Waals surface area contributed by atoms with Crippen molar-refractivity contribution in [1.29, 1.82) is 0 Å². The molecule has 0 atom stereocenters. The smallest absolute Gasteiger partial charge is 0.261 e. The van der Waals surface area contributed by atoms with Crippen LogP contribution in [0.15, 0.2) is 53.6 Å². The molecule has 0 saturated carbocycles. The van der Waals surface area contributed by atoms with Gasteiger partial charge >= 0.3 is 0 Å². The Balaban J connectivity index is 1.71. The molecule has 0 aliphatic heterocycles. The first-order valence-electron chi connectivity index (χ1n) is 8.31. The number of aromatic nitrogens is 2. The van der Waals surface area contributed by atoms with Crippen molar-refractivity contribution in [2.75, 3.05) is 5.32 Å². The Kier molecular flexibility index (Phi) is 4.93. The maximum absolute atomic E-state index is 12.5. The van der Waals surface area contributed by atoms with Gasteiger partial charge < -0.3 is 5.32 Å². The number of ketones is 1. The van der Waals surface area contributed by atoms with E-state index in [-0.39, 0.29) is 30.2 Å². The maximum Gasteiger partial charge on any atom is 0.261 e.